The van der Waals surface area contributed by atoms with Gasteiger partial charge in [-0.25, -0.2) is 4.98 Å². The molecule has 0 fully saturated rings. The maximum absolute atomic E-state index is 11.4. The van der Waals surface area contributed by atoms with Crippen molar-refractivity contribution in [1.29, 1.82) is 0 Å². The Labute approximate surface area is 76.2 Å². The van der Waals surface area contributed by atoms with Crippen molar-refractivity contribution in [2.75, 3.05) is 6.54 Å². The zero-order valence-electron chi connectivity index (χ0n) is 7.42. The Hall–Kier alpha value is -1.16. The highest BCUT2D eigenvalue weighted by Gasteiger charge is 2.20. The molecule has 0 radical (unpaired) electrons. The van der Waals surface area contributed by atoms with E-state index in [0.717, 1.165) is 30.5 Å². The summed E-state index contributed by atoms with van der Waals surface area (Å²) in [5.41, 5.74) is 7.37. The van der Waals surface area contributed by atoms with Gasteiger partial charge in [-0.2, -0.15) is 0 Å². The number of nitrogens with one attached hydrogen (secondary N) is 1. The van der Waals surface area contributed by atoms with E-state index in [1.54, 1.807) is 0 Å². The van der Waals surface area contributed by atoms with Crippen molar-refractivity contribution >= 4 is 0 Å². The van der Waals surface area contributed by atoms with Gasteiger partial charge in [0, 0.05) is 5.56 Å². The molecule has 1 aliphatic carbocycles. The molecule has 1 unspecified atom stereocenters. The molecule has 13 heavy (non-hydrogen) atoms. The Morgan fingerprint density at radius 3 is 3.31 bits per heavy atom. The summed E-state index contributed by atoms with van der Waals surface area (Å²) >= 11 is 0. The fraction of sp³-hybridized carbons (Fsp3) is 0.556. The summed E-state index contributed by atoms with van der Waals surface area (Å²) in [6.45, 7) is 0.660. The molecule has 3 N–H and O–H groups in total. The number of aromatic amines is 1. The summed E-state index contributed by atoms with van der Waals surface area (Å²) < 4.78 is 0. The normalized spacial score (nSPS) is 21.2. The SMILES string of the molecule is NCC1CCc2nc[nH]c(=O)c2C1. The van der Waals surface area contributed by atoms with Crippen molar-refractivity contribution in [1.82, 2.24) is 9.97 Å². The molecule has 2 rings (SSSR count). The topological polar surface area (TPSA) is 71.8 Å². The third kappa shape index (κ3) is 1.49. The zero-order chi connectivity index (χ0) is 9.26. The molecule has 0 aliphatic heterocycles. The number of hydrogen-bond acceptors (Lipinski definition) is 3. The predicted molar refractivity (Wildman–Crippen MR) is 49.4 cm³/mol. The Morgan fingerprint density at radius 1 is 1.69 bits per heavy atom. The number of nitrogens with zero attached hydrogens (tertiary/aromatic N) is 1. The first-order chi connectivity index (χ1) is 6.31. The minimum atomic E-state index is 0.00292. The highest BCUT2D eigenvalue weighted by atomic mass is 16.1. The summed E-state index contributed by atoms with van der Waals surface area (Å²) in [5, 5.41) is 0. The summed E-state index contributed by atoms with van der Waals surface area (Å²) in [4.78, 5) is 18.1. The lowest BCUT2D eigenvalue weighted by molar-refractivity contribution is 0.459. The van der Waals surface area contributed by atoms with E-state index in [0.29, 0.717) is 12.5 Å². The van der Waals surface area contributed by atoms with Crippen LogP contribution in [0.5, 0.6) is 0 Å². The summed E-state index contributed by atoms with van der Waals surface area (Å²) in [7, 11) is 0. The third-order valence-electron chi connectivity index (χ3n) is 2.65. The lowest BCUT2D eigenvalue weighted by Gasteiger charge is -2.20. The maximum Gasteiger partial charge on any atom is 0.254 e. The van der Waals surface area contributed by atoms with Crippen LogP contribution in [0.1, 0.15) is 17.7 Å². The van der Waals surface area contributed by atoms with Crippen molar-refractivity contribution in [3.05, 3.63) is 27.9 Å². The number of H-pyrrole nitrogens is 1. The Bertz CT molecular complexity index is 358. The van der Waals surface area contributed by atoms with E-state index in [1.807, 2.05) is 0 Å². The van der Waals surface area contributed by atoms with E-state index in [-0.39, 0.29) is 5.56 Å². The minimum absolute atomic E-state index is 0.00292. The van der Waals surface area contributed by atoms with Gasteiger partial charge in [-0.1, -0.05) is 0 Å². The number of rotatable bonds is 1. The smallest absolute Gasteiger partial charge is 0.254 e. The molecule has 4 nitrogen and oxygen atoms in total. The standard InChI is InChI=1S/C9H13N3O/c10-4-6-1-2-8-7(3-6)9(13)12-5-11-8/h5-6H,1-4,10H2,(H,11,12,13). The lowest BCUT2D eigenvalue weighted by Crippen LogP contribution is -2.28. The maximum atomic E-state index is 11.4. The fourth-order valence-corrected chi connectivity index (χ4v) is 1.82. The first-order valence-electron chi connectivity index (χ1n) is 4.56. The van der Waals surface area contributed by atoms with E-state index in [4.69, 9.17) is 5.73 Å². The van der Waals surface area contributed by atoms with E-state index >= 15 is 0 Å². The molecule has 0 amide bonds. The molecule has 4 heteroatoms. The molecule has 0 bridgehead atoms. The van der Waals surface area contributed by atoms with E-state index in [9.17, 15) is 4.79 Å². The third-order valence-corrected chi connectivity index (χ3v) is 2.65. The van der Waals surface area contributed by atoms with Crippen molar-refractivity contribution < 1.29 is 0 Å². The fourth-order valence-electron chi connectivity index (χ4n) is 1.82. The predicted octanol–water partition coefficient (Wildman–Crippen LogP) is -0.167. The Balaban J connectivity index is 2.38. The molecule has 70 valence electrons. The number of fused-ring (bicyclic) bond motifs is 1. The van der Waals surface area contributed by atoms with Crippen LogP contribution in [-0.4, -0.2) is 16.5 Å². The molecule has 1 aliphatic rings. The monoisotopic (exact) mass is 179 g/mol. The molecule has 1 aromatic heterocycles. The minimum Gasteiger partial charge on any atom is -0.330 e. The molecular weight excluding hydrogens is 166 g/mol. The van der Waals surface area contributed by atoms with Gasteiger partial charge in [0.25, 0.3) is 5.56 Å². The molecule has 0 spiro atoms. The van der Waals surface area contributed by atoms with Crippen molar-refractivity contribution in [3.8, 4) is 0 Å². The van der Waals surface area contributed by atoms with Gasteiger partial charge < -0.3 is 10.7 Å². The molecule has 1 aromatic rings. The molecule has 0 saturated heterocycles. The van der Waals surface area contributed by atoms with Crippen LogP contribution in [0, 0.1) is 5.92 Å². The zero-order valence-corrected chi connectivity index (χ0v) is 7.42. The molecule has 0 aromatic carbocycles. The van der Waals surface area contributed by atoms with Crippen LogP contribution in [-0.2, 0) is 12.8 Å². The second kappa shape index (κ2) is 3.30. The quantitative estimate of drug-likeness (QED) is 0.629. The van der Waals surface area contributed by atoms with Gasteiger partial charge in [0.2, 0.25) is 0 Å². The first kappa shape index (κ1) is 8.44. The van der Waals surface area contributed by atoms with Crippen molar-refractivity contribution in [3.63, 3.8) is 0 Å². The number of nitrogens with two attached hydrogens (primary N) is 1. The average Bonchev–Trinajstić information content (AvgIpc) is 2.18. The first-order valence-corrected chi connectivity index (χ1v) is 4.56. The van der Waals surface area contributed by atoms with Crippen LogP contribution in [0.3, 0.4) is 0 Å². The van der Waals surface area contributed by atoms with E-state index in [1.165, 1.54) is 6.33 Å². The molecule has 1 atom stereocenters. The number of aryl methyl sites for hydroxylation is 1. The van der Waals surface area contributed by atoms with Gasteiger partial charge in [-0.3, -0.25) is 4.79 Å². The van der Waals surface area contributed by atoms with Gasteiger partial charge in [-0.15, -0.1) is 0 Å². The van der Waals surface area contributed by atoms with Gasteiger partial charge in [0.15, 0.2) is 0 Å². The van der Waals surface area contributed by atoms with Crippen molar-refractivity contribution in [2.24, 2.45) is 11.7 Å². The van der Waals surface area contributed by atoms with Crippen LogP contribution >= 0.6 is 0 Å². The average molecular weight is 179 g/mol. The highest BCUT2D eigenvalue weighted by Crippen LogP contribution is 2.19. The summed E-state index contributed by atoms with van der Waals surface area (Å²) in [6, 6.07) is 0. The van der Waals surface area contributed by atoms with Gasteiger partial charge in [-0.05, 0) is 31.7 Å². The van der Waals surface area contributed by atoms with Gasteiger partial charge >= 0.3 is 0 Å². The molecular formula is C9H13N3O. The van der Waals surface area contributed by atoms with Gasteiger partial charge in [0.05, 0.1) is 12.0 Å². The molecule has 0 saturated carbocycles. The van der Waals surface area contributed by atoms with Crippen molar-refractivity contribution in [2.45, 2.75) is 19.3 Å². The summed E-state index contributed by atoms with van der Waals surface area (Å²) in [6.07, 6.45) is 4.21. The highest BCUT2D eigenvalue weighted by molar-refractivity contribution is 5.19. The van der Waals surface area contributed by atoms with Crippen LogP contribution < -0.4 is 11.3 Å². The Kier molecular flexibility index (Phi) is 2.14. The molecule has 1 heterocycles. The number of hydrogen-bond donors (Lipinski definition) is 2. The van der Waals surface area contributed by atoms with Crippen LogP contribution in [0.25, 0.3) is 0 Å². The van der Waals surface area contributed by atoms with Crippen LogP contribution in [0.15, 0.2) is 11.1 Å². The lowest BCUT2D eigenvalue weighted by atomic mass is 9.87. The van der Waals surface area contributed by atoms with Crippen LogP contribution in [0.2, 0.25) is 0 Å². The van der Waals surface area contributed by atoms with Gasteiger partial charge in [0.1, 0.15) is 0 Å². The second-order valence-corrected chi connectivity index (χ2v) is 3.50. The number of aromatic nitrogens is 2. The largest absolute Gasteiger partial charge is 0.330 e. The Morgan fingerprint density at radius 2 is 2.54 bits per heavy atom. The van der Waals surface area contributed by atoms with E-state index < -0.39 is 0 Å². The van der Waals surface area contributed by atoms with E-state index in [2.05, 4.69) is 9.97 Å². The summed E-state index contributed by atoms with van der Waals surface area (Å²) in [5.74, 6) is 0.456. The van der Waals surface area contributed by atoms with Crippen LogP contribution in [0.4, 0.5) is 0 Å². The second-order valence-electron chi connectivity index (χ2n) is 3.50.